The molecule has 1 aliphatic rings. The van der Waals surface area contributed by atoms with Gasteiger partial charge in [0.05, 0.1) is 6.54 Å². The Labute approximate surface area is 172 Å². The van der Waals surface area contributed by atoms with Crippen LogP contribution in [0.2, 0.25) is 0 Å². The number of amidine groups is 1. The standard InChI is InChI=1S/C24H28N4O/c1-17-16-18(6-5-15-27-20-12-10-19(11-13-20)23(25)26)9-14-22(17)24(29)28(2)21-7-3-4-8-21/h9-14,16,21,27H,3-4,7-8,15H2,1-2H3,(H3,25,26). The van der Waals surface area contributed by atoms with Crippen molar-refractivity contribution in [1.82, 2.24) is 4.90 Å². The minimum Gasteiger partial charge on any atom is -0.384 e. The Morgan fingerprint density at radius 2 is 1.90 bits per heavy atom. The fraction of sp³-hybridized carbons (Fsp3) is 0.333. The maximum atomic E-state index is 12.8. The second-order valence-corrected chi connectivity index (χ2v) is 7.53. The molecule has 2 aromatic carbocycles. The average Bonchev–Trinajstić information content (AvgIpc) is 3.25. The smallest absolute Gasteiger partial charge is 0.254 e. The quantitative estimate of drug-likeness (QED) is 0.414. The zero-order valence-corrected chi connectivity index (χ0v) is 17.1. The number of aryl methyl sites for hydroxylation is 1. The van der Waals surface area contributed by atoms with Gasteiger partial charge in [-0.2, -0.15) is 0 Å². The van der Waals surface area contributed by atoms with Crippen LogP contribution in [0.25, 0.3) is 0 Å². The number of anilines is 1. The van der Waals surface area contributed by atoms with Gasteiger partial charge in [-0.1, -0.05) is 24.7 Å². The Bertz CT molecular complexity index is 947. The molecule has 29 heavy (non-hydrogen) atoms. The van der Waals surface area contributed by atoms with Crippen molar-refractivity contribution in [2.24, 2.45) is 5.73 Å². The summed E-state index contributed by atoms with van der Waals surface area (Å²) >= 11 is 0. The van der Waals surface area contributed by atoms with Crippen molar-refractivity contribution in [3.05, 3.63) is 64.7 Å². The maximum absolute atomic E-state index is 12.8. The number of amides is 1. The number of nitrogens with two attached hydrogens (primary N) is 1. The molecule has 0 bridgehead atoms. The lowest BCUT2D eigenvalue weighted by molar-refractivity contribution is 0.0734. The lowest BCUT2D eigenvalue weighted by Gasteiger charge is -2.25. The van der Waals surface area contributed by atoms with Crippen LogP contribution in [0.4, 0.5) is 5.69 Å². The van der Waals surface area contributed by atoms with E-state index in [-0.39, 0.29) is 11.7 Å². The van der Waals surface area contributed by atoms with E-state index in [9.17, 15) is 4.79 Å². The predicted molar refractivity (Wildman–Crippen MR) is 118 cm³/mol. The molecular weight excluding hydrogens is 360 g/mol. The molecular formula is C24H28N4O. The zero-order valence-electron chi connectivity index (χ0n) is 17.1. The Hall–Kier alpha value is -3.26. The van der Waals surface area contributed by atoms with Gasteiger partial charge in [-0.3, -0.25) is 10.2 Å². The number of benzene rings is 2. The van der Waals surface area contributed by atoms with Crippen molar-refractivity contribution >= 4 is 17.4 Å². The zero-order chi connectivity index (χ0) is 20.8. The molecule has 4 N–H and O–H groups in total. The molecule has 3 rings (SSSR count). The number of nitrogens with one attached hydrogen (secondary N) is 2. The highest BCUT2D eigenvalue weighted by molar-refractivity contribution is 5.96. The van der Waals surface area contributed by atoms with Crippen LogP contribution in [-0.2, 0) is 0 Å². The molecule has 5 heteroatoms. The van der Waals surface area contributed by atoms with E-state index in [0.717, 1.165) is 35.2 Å². The van der Waals surface area contributed by atoms with E-state index in [1.807, 2.05) is 49.2 Å². The van der Waals surface area contributed by atoms with Crippen molar-refractivity contribution in [3.8, 4) is 11.8 Å². The number of nitrogens with zero attached hydrogens (tertiary/aromatic N) is 1. The summed E-state index contributed by atoms with van der Waals surface area (Å²) in [4.78, 5) is 14.7. The topological polar surface area (TPSA) is 82.2 Å². The van der Waals surface area contributed by atoms with Gasteiger partial charge in [-0.15, -0.1) is 0 Å². The second-order valence-electron chi connectivity index (χ2n) is 7.53. The fourth-order valence-corrected chi connectivity index (χ4v) is 3.69. The normalized spacial score (nSPS) is 13.4. The number of rotatable bonds is 5. The molecule has 1 aliphatic carbocycles. The van der Waals surface area contributed by atoms with Crippen LogP contribution >= 0.6 is 0 Å². The molecule has 0 unspecified atom stereocenters. The number of hydrogen-bond donors (Lipinski definition) is 3. The molecule has 5 nitrogen and oxygen atoms in total. The summed E-state index contributed by atoms with van der Waals surface area (Å²) in [5.41, 5.74) is 9.70. The summed E-state index contributed by atoms with van der Waals surface area (Å²) in [5, 5.41) is 10.6. The van der Waals surface area contributed by atoms with Crippen LogP contribution in [0.15, 0.2) is 42.5 Å². The van der Waals surface area contributed by atoms with E-state index in [1.54, 1.807) is 12.1 Å². The summed E-state index contributed by atoms with van der Waals surface area (Å²) in [6.45, 7) is 2.47. The molecule has 0 aliphatic heterocycles. The van der Waals surface area contributed by atoms with E-state index in [1.165, 1.54) is 12.8 Å². The minimum absolute atomic E-state index is 0.0584. The van der Waals surface area contributed by atoms with Crippen molar-refractivity contribution in [2.75, 3.05) is 18.9 Å². The molecule has 1 fully saturated rings. The van der Waals surface area contributed by atoms with Crippen molar-refractivity contribution in [1.29, 1.82) is 5.41 Å². The Morgan fingerprint density at radius 3 is 2.52 bits per heavy atom. The highest BCUT2D eigenvalue weighted by Gasteiger charge is 2.24. The van der Waals surface area contributed by atoms with Gasteiger partial charge in [0.15, 0.2) is 0 Å². The van der Waals surface area contributed by atoms with E-state index < -0.39 is 0 Å². The summed E-state index contributed by atoms with van der Waals surface area (Å²) in [6, 6.07) is 13.5. The Kier molecular flexibility index (Phi) is 6.56. The average molecular weight is 389 g/mol. The highest BCUT2D eigenvalue weighted by atomic mass is 16.2. The number of carbonyl (C=O) groups excluding carboxylic acids is 1. The van der Waals surface area contributed by atoms with Crippen LogP contribution in [0.3, 0.4) is 0 Å². The van der Waals surface area contributed by atoms with Crippen LogP contribution < -0.4 is 11.1 Å². The third kappa shape index (κ3) is 5.17. The summed E-state index contributed by atoms with van der Waals surface area (Å²) < 4.78 is 0. The highest BCUT2D eigenvalue weighted by Crippen LogP contribution is 2.24. The van der Waals surface area contributed by atoms with Crippen molar-refractivity contribution in [2.45, 2.75) is 38.6 Å². The minimum atomic E-state index is 0.0584. The van der Waals surface area contributed by atoms with Gasteiger partial charge in [0.2, 0.25) is 0 Å². The lowest BCUT2D eigenvalue weighted by atomic mass is 10.0. The molecule has 150 valence electrons. The maximum Gasteiger partial charge on any atom is 0.254 e. The third-order valence-corrected chi connectivity index (χ3v) is 5.46. The second kappa shape index (κ2) is 9.29. The van der Waals surface area contributed by atoms with Gasteiger partial charge in [-0.05, 0) is 67.8 Å². The molecule has 2 aromatic rings. The van der Waals surface area contributed by atoms with Crippen molar-refractivity contribution < 1.29 is 4.79 Å². The van der Waals surface area contributed by atoms with Gasteiger partial charge in [0.1, 0.15) is 5.84 Å². The van der Waals surface area contributed by atoms with E-state index in [0.29, 0.717) is 18.2 Å². The first-order valence-electron chi connectivity index (χ1n) is 10.0. The fourth-order valence-electron chi connectivity index (χ4n) is 3.69. The summed E-state index contributed by atoms with van der Waals surface area (Å²) in [5.74, 6) is 6.41. The van der Waals surface area contributed by atoms with Gasteiger partial charge in [-0.25, -0.2) is 0 Å². The SMILES string of the molecule is Cc1cc(C#CCNc2ccc(C(=N)N)cc2)ccc1C(=O)N(C)C1CCCC1. The molecule has 0 saturated heterocycles. The van der Waals surface area contributed by atoms with Gasteiger partial charge >= 0.3 is 0 Å². The molecule has 0 spiro atoms. The van der Waals surface area contributed by atoms with Gasteiger partial charge in [0.25, 0.3) is 5.91 Å². The van der Waals surface area contributed by atoms with E-state index in [2.05, 4.69) is 17.2 Å². The first kappa shape index (κ1) is 20.5. The van der Waals surface area contributed by atoms with E-state index >= 15 is 0 Å². The number of hydrogen-bond acceptors (Lipinski definition) is 3. The molecule has 1 saturated carbocycles. The first-order chi connectivity index (χ1) is 14.0. The third-order valence-electron chi connectivity index (χ3n) is 5.46. The van der Waals surface area contributed by atoms with Crippen LogP contribution in [0.1, 0.15) is 52.7 Å². The largest absolute Gasteiger partial charge is 0.384 e. The molecule has 1 amide bonds. The lowest BCUT2D eigenvalue weighted by Crippen LogP contribution is -2.35. The number of nitrogen functional groups attached to an aromatic ring is 1. The Morgan fingerprint density at radius 1 is 1.21 bits per heavy atom. The van der Waals surface area contributed by atoms with E-state index in [4.69, 9.17) is 11.1 Å². The van der Waals surface area contributed by atoms with Crippen molar-refractivity contribution in [3.63, 3.8) is 0 Å². The molecule has 0 radical (unpaired) electrons. The molecule has 0 aromatic heterocycles. The van der Waals surface area contributed by atoms with Crippen LogP contribution in [-0.4, -0.2) is 36.3 Å². The molecule has 0 atom stereocenters. The first-order valence-corrected chi connectivity index (χ1v) is 10.0. The summed E-state index contributed by atoms with van der Waals surface area (Å²) in [7, 11) is 1.92. The predicted octanol–water partition coefficient (Wildman–Crippen LogP) is 3.76. The Balaban J connectivity index is 1.59. The van der Waals surface area contributed by atoms with Gasteiger partial charge < -0.3 is 16.0 Å². The molecule has 0 heterocycles. The van der Waals surface area contributed by atoms with Gasteiger partial charge in [0, 0.05) is 35.5 Å². The van der Waals surface area contributed by atoms with Crippen LogP contribution in [0.5, 0.6) is 0 Å². The number of carbonyl (C=O) groups is 1. The summed E-state index contributed by atoms with van der Waals surface area (Å²) in [6.07, 6.45) is 4.64. The van der Waals surface area contributed by atoms with Crippen LogP contribution in [0, 0.1) is 24.2 Å². The monoisotopic (exact) mass is 388 g/mol.